The van der Waals surface area contributed by atoms with Gasteiger partial charge in [-0.2, -0.15) is 5.10 Å². The fourth-order valence-corrected chi connectivity index (χ4v) is 2.52. The van der Waals surface area contributed by atoms with Gasteiger partial charge in [-0.1, -0.05) is 0 Å². The average molecular weight is 316 g/mol. The predicted octanol–water partition coefficient (Wildman–Crippen LogP) is 1.29. The number of nitro groups is 1. The van der Waals surface area contributed by atoms with Crippen LogP contribution in [0.5, 0.6) is 0 Å². The molecular formula is C15H16N4O4. The Kier molecular flexibility index (Phi) is 4.33. The van der Waals surface area contributed by atoms with Crippen molar-refractivity contribution in [2.75, 3.05) is 13.2 Å². The van der Waals surface area contributed by atoms with Gasteiger partial charge in [0.15, 0.2) is 0 Å². The second-order valence-corrected chi connectivity index (χ2v) is 5.20. The summed E-state index contributed by atoms with van der Waals surface area (Å²) in [5.41, 5.74) is 2.61. The molecule has 0 atom stereocenters. The number of nitrogens with zero attached hydrogens (tertiary/aromatic N) is 3. The summed E-state index contributed by atoms with van der Waals surface area (Å²) < 4.78 is 7.25. The fraction of sp³-hybridized carbons (Fsp3) is 0.333. The van der Waals surface area contributed by atoms with Crippen molar-refractivity contribution < 1.29 is 14.5 Å². The third-order valence-corrected chi connectivity index (χ3v) is 3.73. The molecule has 0 fully saturated rings. The number of non-ortho nitro benzene ring substituents is 1. The van der Waals surface area contributed by atoms with Crippen LogP contribution in [0.25, 0.3) is 0 Å². The molecule has 0 saturated carbocycles. The summed E-state index contributed by atoms with van der Waals surface area (Å²) in [6, 6.07) is 5.53. The smallest absolute Gasteiger partial charge is 0.269 e. The predicted molar refractivity (Wildman–Crippen MR) is 81.0 cm³/mol. The Morgan fingerprint density at radius 3 is 2.91 bits per heavy atom. The number of nitrogens with one attached hydrogen (secondary N) is 1. The van der Waals surface area contributed by atoms with Gasteiger partial charge in [-0.15, -0.1) is 0 Å². The fourth-order valence-electron chi connectivity index (χ4n) is 2.52. The van der Waals surface area contributed by atoms with Crippen molar-refractivity contribution in [1.29, 1.82) is 0 Å². The summed E-state index contributed by atoms with van der Waals surface area (Å²) in [5, 5.41) is 17.7. The van der Waals surface area contributed by atoms with Crippen LogP contribution >= 0.6 is 0 Å². The number of hydrogen-bond donors (Lipinski definition) is 1. The lowest BCUT2D eigenvalue weighted by Gasteiger charge is -2.14. The van der Waals surface area contributed by atoms with Crippen molar-refractivity contribution in [3.8, 4) is 0 Å². The highest BCUT2D eigenvalue weighted by Gasteiger charge is 2.15. The Balaban J connectivity index is 1.55. The Morgan fingerprint density at radius 1 is 1.39 bits per heavy atom. The van der Waals surface area contributed by atoms with E-state index in [0.717, 1.165) is 17.7 Å². The molecule has 1 aromatic heterocycles. The standard InChI is InChI=1S/C15H16N4O4/c20-15(11-1-3-13(4-2-11)19(21)22)16-6-7-18-14-5-8-23-10-12(14)9-17-18/h1-4,9H,5-8,10H2,(H,16,20). The quantitative estimate of drug-likeness (QED) is 0.662. The number of amides is 1. The van der Waals surface area contributed by atoms with Crippen LogP contribution in [0, 0.1) is 10.1 Å². The normalized spacial score (nSPS) is 13.4. The first-order valence-corrected chi connectivity index (χ1v) is 7.29. The monoisotopic (exact) mass is 316 g/mol. The number of carbonyl (C=O) groups is 1. The van der Waals surface area contributed by atoms with Crippen LogP contribution in [-0.4, -0.2) is 33.8 Å². The molecular weight excluding hydrogens is 300 g/mol. The van der Waals surface area contributed by atoms with E-state index >= 15 is 0 Å². The lowest BCUT2D eigenvalue weighted by Crippen LogP contribution is -2.28. The Morgan fingerprint density at radius 2 is 2.17 bits per heavy atom. The summed E-state index contributed by atoms with van der Waals surface area (Å²) in [6.45, 7) is 2.29. The molecule has 120 valence electrons. The number of rotatable bonds is 5. The van der Waals surface area contributed by atoms with E-state index in [1.165, 1.54) is 24.3 Å². The van der Waals surface area contributed by atoms with Crippen molar-refractivity contribution in [1.82, 2.24) is 15.1 Å². The Labute approximate surface area is 132 Å². The van der Waals surface area contributed by atoms with Crippen LogP contribution in [0.3, 0.4) is 0 Å². The molecule has 0 aliphatic carbocycles. The number of aromatic nitrogens is 2. The summed E-state index contributed by atoms with van der Waals surface area (Å²) in [7, 11) is 0. The molecule has 2 heterocycles. The number of nitro benzene ring substituents is 1. The van der Waals surface area contributed by atoms with Gasteiger partial charge < -0.3 is 10.1 Å². The van der Waals surface area contributed by atoms with Crippen molar-refractivity contribution in [3.63, 3.8) is 0 Å². The molecule has 1 aromatic carbocycles. The van der Waals surface area contributed by atoms with Gasteiger partial charge in [-0.05, 0) is 12.1 Å². The molecule has 2 aromatic rings. The highest BCUT2D eigenvalue weighted by atomic mass is 16.6. The molecule has 0 unspecified atom stereocenters. The summed E-state index contributed by atoms with van der Waals surface area (Å²) in [5.74, 6) is -0.260. The van der Waals surface area contributed by atoms with E-state index in [0.29, 0.717) is 31.9 Å². The number of hydrogen-bond acceptors (Lipinski definition) is 5. The second kappa shape index (κ2) is 6.57. The zero-order chi connectivity index (χ0) is 16.2. The van der Waals surface area contributed by atoms with Crippen LogP contribution in [-0.2, 0) is 24.3 Å². The van der Waals surface area contributed by atoms with Crippen molar-refractivity contribution in [2.45, 2.75) is 19.6 Å². The molecule has 1 aliphatic heterocycles. The number of ether oxygens (including phenoxy) is 1. The van der Waals surface area contributed by atoms with Crippen LogP contribution in [0.2, 0.25) is 0 Å². The van der Waals surface area contributed by atoms with E-state index in [4.69, 9.17) is 4.74 Å². The Bertz CT molecular complexity index is 724. The maximum Gasteiger partial charge on any atom is 0.269 e. The van der Waals surface area contributed by atoms with Crippen LogP contribution in [0.1, 0.15) is 21.6 Å². The third-order valence-electron chi connectivity index (χ3n) is 3.73. The highest BCUT2D eigenvalue weighted by molar-refractivity contribution is 5.94. The van der Waals surface area contributed by atoms with E-state index in [9.17, 15) is 14.9 Å². The van der Waals surface area contributed by atoms with Gasteiger partial charge >= 0.3 is 0 Å². The SMILES string of the molecule is O=C(NCCn1ncc2c1CCOC2)c1ccc([N+](=O)[O-])cc1. The molecule has 23 heavy (non-hydrogen) atoms. The molecule has 1 aliphatic rings. The molecule has 8 heteroatoms. The molecule has 0 radical (unpaired) electrons. The van der Waals surface area contributed by atoms with Gasteiger partial charge in [0, 0.05) is 41.9 Å². The number of benzene rings is 1. The largest absolute Gasteiger partial charge is 0.376 e. The average Bonchev–Trinajstić information content (AvgIpc) is 2.98. The first kappa shape index (κ1) is 15.2. The van der Waals surface area contributed by atoms with Gasteiger partial charge in [-0.3, -0.25) is 19.6 Å². The molecule has 1 amide bonds. The van der Waals surface area contributed by atoms with Crippen LogP contribution < -0.4 is 5.32 Å². The van der Waals surface area contributed by atoms with E-state index in [1.54, 1.807) is 6.20 Å². The summed E-state index contributed by atoms with van der Waals surface area (Å²) >= 11 is 0. The van der Waals surface area contributed by atoms with Gasteiger partial charge in [0.05, 0.1) is 30.9 Å². The second-order valence-electron chi connectivity index (χ2n) is 5.20. The molecule has 0 bridgehead atoms. The van der Waals surface area contributed by atoms with E-state index < -0.39 is 4.92 Å². The maximum absolute atomic E-state index is 12.0. The summed E-state index contributed by atoms with van der Waals surface area (Å²) in [6.07, 6.45) is 2.62. The third kappa shape index (κ3) is 3.37. The van der Waals surface area contributed by atoms with Crippen LogP contribution in [0.4, 0.5) is 5.69 Å². The first-order valence-electron chi connectivity index (χ1n) is 7.29. The lowest BCUT2D eigenvalue weighted by molar-refractivity contribution is -0.384. The van der Waals surface area contributed by atoms with E-state index in [2.05, 4.69) is 10.4 Å². The van der Waals surface area contributed by atoms with Gasteiger partial charge in [0.25, 0.3) is 11.6 Å². The Hall–Kier alpha value is -2.74. The molecule has 0 saturated heterocycles. The molecule has 3 rings (SSSR count). The number of fused-ring (bicyclic) bond motifs is 1. The maximum atomic E-state index is 12.0. The minimum absolute atomic E-state index is 0.0352. The van der Waals surface area contributed by atoms with Crippen molar-refractivity contribution in [2.24, 2.45) is 0 Å². The van der Waals surface area contributed by atoms with E-state index in [-0.39, 0.29) is 11.6 Å². The minimum atomic E-state index is -0.494. The van der Waals surface area contributed by atoms with Gasteiger partial charge in [0.1, 0.15) is 0 Å². The van der Waals surface area contributed by atoms with Crippen molar-refractivity contribution >= 4 is 11.6 Å². The van der Waals surface area contributed by atoms with Gasteiger partial charge in [0.2, 0.25) is 0 Å². The zero-order valence-corrected chi connectivity index (χ0v) is 12.4. The van der Waals surface area contributed by atoms with Gasteiger partial charge in [-0.25, -0.2) is 0 Å². The summed E-state index contributed by atoms with van der Waals surface area (Å²) in [4.78, 5) is 22.1. The van der Waals surface area contributed by atoms with Crippen molar-refractivity contribution in [3.05, 3.63) is 57.4 Å². The molecule has 0 spiro atoms. The first-order chi connectivity index (χ1) is 11.1. The lowest BCUT2D eigenvalue weighted by atomic mass is 10.2. The van der Waals surface area contributed by atoms with Crippen LogP contribution in [0.15, 0.2) is 30.5 Å². The molecule has 8 nitrogen and oxygen atoms in total. The highest BCUT2D eigenvalue weighted by Crippen LogP contribution is 2.15. The topological polar surface area (TPSA) is 99.3 Å². The zero-order valence-electron chi connectivity index (χ0n) is 12.4. The van der Waals surface area contributed by atoms with E-state index in [1.807, 2.05) is 4.68 Å². The molecule has 1 N–H and O–H groups in total. The minimum Gasteiger partial charge on any atom is -0.376 e. The number of carbonyl (C=O) groups excluding carboxylic acids is 1.